The number of amides is 1. The average Bonchev–Trinajstić information content (AvgIpc) is 3.04. The zero-order valence-corrected chi connectivity index (χ0v) is 14.4. The number of nitrogens with two attached hydrogens (primary N) is 1. The van der Waals surface area contributed by atoms with E-state index in [1.807, 2.05) is 67.0 Å². The van der Waals surface area contributed by atoms with Crippen molar-refractivity contribution in [2.75, 3.05) is 12.3 Å². The molecule has 0 aliphatic heterocycles. The third kappa shape index (κ3) is 3.91. The SMILES string of the molecule is CCC(C)NC(=O)COc1cccn2cc(-c3cccc(N)c3)nc12. The van der Waals surface area contributed by atoms with E-state index >= 15 is 0 Å². The summed E-state index contributed by atoms with van der Waals surface area (Å²) in [6.07, 6.45) is 4.69. The summed E-state index contributed by atoms with van der Waals surface area (Å²) in [6.45, 7) is 3.95. The van der Waals surface area contributed by atoms with Crippen molar-refractivity contribution < 1.29 is 9.53 Å². The Morgan fingerprint density at radius 1 is 1.36 bits per heavy atom. The highest BCUT2D eigenvalue weighted by molar-refractivity contribution is 5.78. The number of fused-ring (bicyclic) bond motifs is 1. The maximum atomic E-state index is 11.9. The third-order valence-corrected chi connectivity index (χ3v) is 4.01. The smallest absolute Gasteiger partial charge is 0.258 e. The Balaban J connectivity index is 1.81. The lowest BCUT2D eigenvalue weighted by Crippen LogP contribution is -2.35. The van der Waals surface area contributed by atoms with Gasteiger partial charge in [0.25, 0.3) is 5.91 Å². The van der Waals surface area contributed by atoms with E-state index in [0.29, 0.717) is 17.1 Å². The highest BCUT2D eigenvalue weighted by Gasteiger charge is 2.11. The lowest BCUT2D eigenvalue weighted by molar-refractivity contribution is -0.123. The summed E-state index contributed by atoms with van der Waals surface area (Å²) in [4.78, 5) is 16.5. The van der Waals surface area contributed by atoms with Crippen molar-refractivity contribution in [3.05, 3.63) is 48.8 Å². The van der Waals surface area contributed by atoms with Crippen molar-refractivity contribution in [2.24, 2.45) is 0 Å². The van der Waals surface area contributed by atoms with Crippen LogP contribution in [0, 0.1) is 0 Å². The zero-order valence-electron chi connectivity index (χ0n) is 14.4. The monoisotopic (exact) mass is 338 g/mol. The summed E-state index contributed by atoms with van der Waals surface area (Å²) < 4.78 is 7.55. The lowest BCUT2D eigenvalue weighted by atomic mass is 10.1. The quantitative estimate of drug-likeness (QED) is 0.677. The van der Waals surface area contributed by atoms with Gasteiger partial charge in [-0.3, -0.25) is 4.79 Å². The molecule has 3 rings (SSSR count). The van der Waals surface area contributed by atoms with Gasteiger partial charge in [0.2, 0.25) is 0 Å². The maximum Gasteiger partial charge on any atom is 0.258 e. The molecule has 0 bridgehead atoms. The predicted molar refractivity (Wildman–Crippen MR) is 98.4 cm³/mol. The number of hydrogen-bond acceptors (Lipinski definition) is 4. The minimum absolute atomic E-state index is 0.0372. The van der Waals surface area contributed by atoms with E-state index in [1.54, 1.807) is 0 Å². The van der Waals surface area contributed by atoms with Crippen LogP contribution >= 0.6 is 0 Å². The van der Waals surface area contributed by atoms with Crippen molar-refractivity contribution in [3.63, 3.8) is 0 Å². The van der Waals surface area contributed by atoms with Gasteiger partial charge in [0.05, 0.1) is 5.69 Å². The Morgan fingerprint density at radius 3 is 2.96 bits per heavy atom. The number of pyridine rings is 1. The fourth-order valence-electron chi connectivity index (χ4n) is 2.50. The van der Waals surface area contributed by atoms with Crippen LogP contribution < -0.4 is 15.8 Å². The van der Waals surface area contributed by atoms with Crippen LogP contribution in [0.25, 0.3) is 16.9 Å². The van der Waals surface area contributed by atoms with Crippen LogP contribution in [0.15, 0.2) is 48.8 Å². The van der Waals surface area contributed by atoms with E-state index in [0.717, 1.165) is 17.7 Å². The van der Waals surface area contributed by atoms with Crippen LogP contribution in [0.2, 0.25) is 0 Å². The molecule has 1 amide bonds. The zero-order chi connectivity index (χ0) is 17.8. The first-order chi connectivity index (χ1) is 12.1. The highest BCUT2D eigenvalue weighted by atomic mass is 16.5. The summed E-state index contributed by atoms with van der Waals surface area (Å²) in [7, 11) is 0. The average molecular weight is 338 g/mol. The lowest BCUT2D eigenvalue weighted by Gasteiger charge is -2.12. The number of benzene rings is 1. The van der Waals surface area contributed by atoms with Gasteiger partial charge in [-0.15, -0.1) is 0 Å². The number of aromatic nitrogens is 2. The number of nitrogens with one attached hydrogen (secondary N) is 1. The number of nitrogens with zero attached hydrogens (tertiary/aromatic N) is 2. The number of carbonyl (C=O) groups excluding carboxylic acids is 1. The van der Waals surface area contributed by atoms with Crippen molar-refractivity contribution >= 4 is 17.2 Å². The molecule has 0 saturated heterocycles. The highest BCUT2D eigenvalue weighted by Crippen LogP contribution is 2.25. The van der Waals surface area contributed by atoms with Crippen LogP contribution in [0.3, 0.4) is 0 Å². The van der Waals surface area contributed by atoms with Crippen LogP contribution in [0.4, 0.5) is 5.69 Å². The van der Waals surface area contributed by atoms with Crippen LogP contribution in [0.5, 0.6) is 5.75 Å². The first kappa shape index (κ1) is 16.8. The molecule has 6 nitrogen and oxygen atoms in total. The largest absolute Gasteiger partial charge is 0.480 e. The second-order valence-electron chi connectivity index (χ2n) is 6.02. The molecule has 130 valence electrons. The number of imidazole rings is 1. The Morgan fingerprint density at radius 2 is 2.20 bits per heavy atom. The molecule has 0 fully saturated rings. The van der Waals surface area contributed by atoms with Gasteiger partial charge in [-0.1, -0.05) is 19.1 Å². The molecule has 0 aliphatic carbocycles. The molecule has 25 heavy (non-hydrogen) atoms. The fourth-order valence-corrected chi connectivity index (χ4v) is 2.50. The molecule has 6 heteroatoms. The number of ether oxygens (including phenoxy) is 1. The number of rotatable bonds is 6. The van der Waals surface area contributed by atoms with Crippen LogP contribution in [-0.2, 0) is 4.79 Å². The van der Waals surface area contributed by atoms with Crippen molar-refractivity contribution in [2.45, 2.75) is 26.3 Å². The van der Waals surface area contributed by atoms with Gasteiger partial charge in [0.1, 0.15) is 0 Å². The van der Waals surface area contributed by atoms with E-state index < -0.39 is 0 Å². The Hall–Kier alpha value is -3.02. The molecule has 1 unspecified atom stereocenters. The molecule has 0 saturated carbocycles. The standard InChI is InChI=1S/C19H22N4O2/c1-3-13(2)21-18(24)12-25-17-8-5-9-23-11-16(22-19(17)23)14-6-4-7-15(20)10-14/h4-11,13H,3,12,20H2,1-2H3,(H,21,24). The van der Waals surface area contributed by atoms with Crippen LogP contribution in [0.1, 0.15) is 20.3 Å². The topological polar surface area (TPSA) is 81.6 Å². The molecule has 1 atom stereocenters. The molecule has 2 heterocycles. The van der Waals surface area contributed by atoms with E-state index in [4.69, 9.17) is 10.5 Å². The second-order valence-corrected chi connectivity index (χ2v) is 6.02. The first-order valence-corrected chi connectivity index (χ1v) is 8.32. The minimum Gasteiger partial charge on any atom is -0.480 e. The third-order valence-electron chi connectivity index (χ3n) is 4.01. The van der Waals surface area contributed by atoms with E-state index in [9.17, 15) is 4.79 Å². The van der Waals surface area contributed by atoms with Gasteiger partial charge in [0, 0.05) is 29.7 Å². The molecule has 2 aromatic heterocycles. The van der Waals surface area contributed by atoms with Crippen molar-refractivity contribution in [3.8, 4) is 17.0 Å². The number of nitrogen functional groups attached to an aromatic ring is 1. The summed E-state index contributed by atoms with van der Waals surface area (Å²) >= 11 is 0. The summed E-state index contributed by atoms with van der Waals surface area (Å²) in [5, 5.41) is 2.88. The van der Waals surface area contributed by atoms with Crippen molar-refractivity contribution in [1.29, 1.82) is 0 Å². The van der Waals surface area contributed by atoms with Gasteiger partial charge < -0.3 is 20.2 Å². The number of hydrogen-bond donors (Lipinski definition) is 2. The fraction of sp³-hybridized carbons (Fsp3) is 0.263. The molecule has 0 radical (unpaired) electrons. The summed E-state index contributed by atoms with van der Waals surface area (Å²) in [5.41, 5.74) is 8.93. The molecule has 3 N–H and O–H groups in total. The summed E-state index contributed by atoms with van der Waals surface area (Å²) in [6, 6.07) is 11.4. The normalized spacial score (nSPS) is 12.1. The van der Waals surface area contributed by atoms with Gasteiger partial charge in [-0.25, -0.2) is 4.98 Å². The van der Waals surface area contributed by atoms with Crippen LogP contribution in [-0.4, -0.2) is 27.9 Å². The van der Waals surface area contributed by atoms with Gasteiger partial charge in [-0.05, 0) is 37.6 Å². The van der Waals surface area contributed by atoms with Gasteiger partial charge in [0.15, 0.2) is 18.0 Å². The summed E-state index contributed by atoms with van der Waals surface area (Å²) in [5.74, 6) is 0.427. The molecular weight excluding hydrogens is 316 g/mol. The molecule has 1 aromatic carbocycles. The Bertz CT molecular complexity index is 888. The minimum atomic E-state index is -0.140. The maximum absolute atomic E-state index is 11.9. The van der Waals surface area contributed by atoms with Gasteiger partial charge >= 0.3 is 0 Å². The predicted octanol–water partition coefficient (Wildman–Crippen LogP) is 2.88. The first-order valence-electron chi connectivity index (χ1n) is 8.32. The van der Waals surface area contributed by atoms with Gasteiger partial charge in [-0.2, -0.15) is 0 Å². The Labute approximate surface area is 146 Å². The molecular formula is C19H22N4O2. The van der Waals surface area contributed by atoms with E-state index in [2.05, 4.69) is 10.3 Å². The number of anilines is 1. The second kappa shape index (κ2) is 7.25. The van der Waals surface area contributed by atoms with E-state index in [1.165, 1.54) is 0 Å². The number of carbonyl (C=O) groups is 1. The van der Waals surface area contributed by atoms with E-state index in [-0.39, 0.29) is 18.6 Å². The van der Waals surface area contributed by atoms with Crippen molar-refractivity contribution in [1.82, 2.24) is 14.7 Å². The molecule has 3 aromatic rings. The Kier molecular flexibility index (Phi) is 4.88. The molecule has 0 spiro atoms. The molecule has 0 aliphatic rings.